The van der Waals surface area contributed by atoms with Gasteiger partial charge in [-0.1, -0.05) is 32.4 Å². The summed E-state index contributed by atoms with van der Waals surface area (Å²) in [5.74, 6) is -0.160. The highest BCUT2D eigenvalue weighted by atomic mass is 32.1. The Hall–Kier alpha value is -2.42. The van der Waals surface area contributed by atoms with Gasteiger partial charge in [0, 0.05) is 35.4 Å². The van der Waals surface area contributed by atoms with E-state index >= 15 is 0 Å². The monoisotopic (exact) mass is 483 g/mol. The fourth-order valence-electron chi connectivity index (χ4n) is 5.23. The summed E-state index contributed by atoms with van der Waals surface area (Å²) in [6, 6.07) is 7.86. The molecule has 2 aliphatic rings. The average Bonchev–Trinajstić information content (AvgIpc) is 3.04. The Labute approximate surface area is 207 Å². The van der Waals surface area contributed by atoms with E-state index in [-0.39, 0.29) is 11.9 Å². The van der Waals surface area contributed by atoms with Crippen LogP contribution < -0.4 is 15.5 Å². The average molecular weight is 484 g/mol. The summed E-state index contributed by atoms with van der Waals surface area (Å²) in [6.07, 6.45) is 3.71. The van der Waals surface area contributed by atoms with E-state index in [1.807, 2.05) is 38.1 Å². The third kappa shape index (κ3) is 4.99. The van der Waals surface area contributed by atoms with Gasteiger partial charge in [-0.3, -0.25) is 14.6 Å². The molecule has 0 aliphatic carbocycles. The van der Waals surface area contributed by atoms with E-state index in [9.17, 15) is 9.59 Å². The molecule has 4 rings (SSSR count). The van der Waals surface area contributed by atoms with Crippen LogP contribution in [0.5, 0.6) is 0 Å². The first-order chi connectivity index (χ1) is 16.4. The Morgan fingerprint density at radius 1 is 1.18 bits per heavy atom. The van der Waals surface area contributed by atoms with Crippen molar-refractivity contribution >= 4 is 40.3 Å². The number of amides is 3. The summed E-state index contributed by atoms with van der Waals surface area (Å²) >= 11 is 1.56. The van der Waals surface area contributed by atoms with Crippen LogP contribution in [0.1, 0.15) is 53.2 Å². The zero-order valence-corrected chi connectivity index (χ0v) is 21.6. The van der Waals surface area contributed by atoms with Crippen molar-refractivity contribution in [3.8, 4) is 0 Å². The number of carbonyl (C=O) groups excluding carboxylic acids is 2. The van der Waals surface area contributed by atoms with Crippen molar-refractivity contribution < 1.29 is 9.59 Å². The maximum atomic E-state index is 13.6. The van der Waals surface area contributed by atoms with Gasteiger partial charge >= 0.3 is 6.03 Å². The van der Waals surface area contributed by atoms with Crippen LogP contribution in [-0.4, -0.2) is 67.0 Å². The van der Waals surface area contributed by atoms with Crippen LogP contribution in [0.25, 0.3) is 0 Å². The van der Waals surface area contributed by atoms with Crippen LogP contribution in [0.3, 0.4) is 0 Å². The number of aryl methyl sites for hydroxylation is 2. The van der Waals surface area contributed by atoms with Gasteiger partial charge in [-0.25, -0.2) is 4.79 Å². The van der Waals surface area contributed by atoms with E-state index in [0.717, 1.165) is 42.5 Å². The molecule has 2 aliphatic heterocycles. The Morgan fingerprint density at radius 3 is 2.71 bits per heavy atom. The number of anilines is 3. The van der Waals surface area contributed by atoms with Gasteiger partial charge in [0.05, 0.1) is 22.6 Å². The summed E-state index contributed by atoms with van der Waals surface area (Å²) < 4.78 is 0. The molecule has 1 unspecified atom stereocenters. The summed E-state index contributed by atoms with van der Waals surface area (Å²) in [7, 11) is 0. The molecule has 3 heterocycles. The fraction of sp³-hybridized carbons (Fsp3) is 0.538. The number of hydrogen-bond donors (Lipinski definition) is 2. The molecule has 2 aromatic rings. The van der Waals surface area contributed by atoms with Gasteiger partial charge in [-0.15, -0.1) is 11.3 Å². The van der Waals surface area contributed by atoms with Crippen molar-refractivity contribution in [1.82, 2.24) is 15.1 Å². The molecule has 7 nitrogen and oxygen atoms in total. The lowest BCUT2D eigenvalue weighted by atomic mass is 10.0. The summed E-state index contributed by atoms with van der Waals surface area (Å²) in [5.41, 5.74) is 2.63. The standard InChI is InChI=1S/C26H37N5O2S/c1-5-29(6-2)17-20-11-9-10-15-30(20)16-14-27-26(33)31-22-13-8-7-12-21(22)28-25(32)23-18(3)34-19(4)24(23)31/h7-8,12-13,20H,5-6,9-11,14-17H2,1-4H3,(H,27,33)(H,28,32). The van der Waals surface area contributed by atoms with E-state index in [1.54, 1.807) is 16.2 Å². The maximum absolute atomic E-state index is 13.6. The number of thiophene rings is 1. The fourth-order valence-corrected chi connectivity index (χ4v) is 6.27. The van der Waals surface area contributed by atoms with E-state index in [1.165, 1.54) is 19.3 Å². The topological polar surface area (TPSA) is 67.9 Å². The van der Waals surface area contributed by atoms with Crippen molar-refractivity contribution in [1.29, 1.82) is 0 Å². The molecule has 1 aromatic carbocycles. The molecular formula is C26H37N5O2S. The zero-order valence-electron chi connectivity index (χ0n) is 20.8. The van der Waals surface area contributed by atoms with Crippen LogP contribution in [-0.2, 0) is 0 Å². The van der Waals surface area contributed by atoms with E-state index in [4.69, 9.17) is 0 Å². The molecule has 0 saturated carbocycles. The predicted molar refractivity (Wildman–Crippen MR) is 141 cm³/mol. The smallest absolute Gasteiger partial charge is 0.326 e. The molecule has 0 bridgehead atoms. The van der Waals surface area contributed by atoms with Crippen molar-refractivity contribution in [3.63, 3.8) is 0 Å². The first-order valence-corrected chi connectivity index (χ1v) is 13.3. The number of rotatable bonds is 7. The van der Waals surface area contributed by atoms with Crippen LogP contribution >= 0.6 is 11.3 Å². The zero-order chi connectivity index (χ0) is 24.2. The van der Waals surface area contributed by atoms with E-state index < -0.39 is 0 Å². The highest BCUT2D eigenvalue weighted by molar-refractivity contribution is 7.13. The third-order valence-electron chi connectivity index (χ3n) is 7.06. The lowest BCUT2D eigenvalue weighted by Crippen LogP contribution is -2.49. The van der Waals surface area contributed by atoms with Crippen molar-refractivity contribution in [3.05, 3.63) is 39.6 Å². The van der Waals surface area contributed by atoms with Gasteiger partial charge < -0.3 is 15.5 Å². The Balaban J connectivity index is 1.51. The van der Waals surface area contributed by atoms with Crippen LogP contribution in [0.15, 0.2) is 24.3 Å². The largest absolute Gasteiger partial charge is 0.336 e. The lowest BCUT2D eigenvalue weighted by Gasteiger charge is -2.38. The first-order valence-electron chi connectivity index (χ1n) is 12.5. The maximum Gasteiger partial charge on any atom is 0.326 e. The van der Waals surface area contributed by atoms with Crippen LogP contribution in [0.2, 0.25) is 0 Å². The highest BCUT2D eigenvalue weighted by Crippen LogP contribution is 2.44. The lowest BCUT2D eigenvalue weighted by molar-refractivity contribution is 0.102. The van der Waals surface area contributed by atoms with Gasteiger partial charge in [0.2, 0.25) is 0 Å². The molecule has 1 saturated heterocycles. The first kappa shape index (κ1) is 24.7. The summed E-state index contributed by atoms with van der Waals surface area (Å²) in [5, 5.41) is 6.15. The Kier molecular flexibility index (Phi) is 7.91. The van der Waals surface area contributed by atoms with Gasteiger partial charge in [0.1, 0.15) is 0 Å². The number of piperidine rings is 1. The molecule has 8 heteroatoms. The molecule has 1 atom stereocenters. The molecule has 1 aromatic heterocycles. The van der Waals surface area contributed by atoms with Crippen molar-refractivity contribution in [2.24, 2.45) is 0 Å². The van der Waals surface area contributed by atoms with Gasteiger partial charge in [-0.2, -0.15) is 0 Å². The second-order valence-corrected chi connectivity index (χ2v) is 10.6. The van der Waals surface area contributed by atoms with Crippen LogP contribution in [0, 0.1) is 13.8 Å². The van der Waals surface area contributed by atoms with Gasteiger partial charge in [0.25, 0.3) is 5.91 Å². The Morgan fingerprint density at radius 2 is 1.94 bits per heavy atom. The van der Waals surface area contributed by atoms with E-state index in [0.29, 0.717) is 35.2 Å². The minimum atomic E-state index is -0.191. The second kappa shape index (κ2) is 10.9. The molecule has 0 spiro atoms. The number of likely N-dealkylation sites (N-methyl/N-ethyl adjacent to an activating group) is 1. The number of likely N-dealkylation sites (tertiary alicyclic amines) is 1. The summed E-state index contributed by atoms with van der Waals surface area (Å²) in [6.45, 7) is 14.1. The number of fused-ring (bicyclic) bond motifs is 2. The highest BCUT2D eigenvalue weighted by Gasteiger charge is 2.33. The van der Waals surface area contributed by atoms with Crippen LogP contribution in [0.4, 0.5) is 21.9 Å². The second-order valence-electron chi connectivity index (χ2n) is 9.15. The predicted octanol–water partition coefficient (Wildman–Crippen LogP) is 4.97. The molecule has 1 fully saturated rings. The third-order valence-corrected chi connectivity index (χ3v) is 8.07. The minimum Gasteiger partial charge on any atom is -0.336 e. The molecule has 2 N–H and O–H groups in total. The normalized spacial score (nSPS) is 18.3. The SMILES string of the molecule is CCN(CC)CC1CCCCN1CCNC(=O)N1c2ccccc2NC(=O)c2c(C)sc(C)c21. The van der Waals surface area contributed by atoms with Crippen molar-refractivity contribution in [2.45, 2.75) is 53.0 Å². The van der Waals surface area contributed by atoms with E-state index in [2.05, 4.69) is 34.3 Å². The number of hydrogen-bond acceptors (Lipinski definition) is 5. The van der Waals surface area contributed by atoms with Gasteiger partial charge in [-0.05, 0) is 58.5 Å². The molecular weight excluding hydrogens is 446 g/mol. The van der Waals surface area contributed by atoms with Gasteiger partial charge in [0.15, 0.2) is 0 Å². The number of nitrogens with one attached hydrogen (secondary N) is 2. The molecule has 0 radical (unpaired) electrons. The Bertz CT molecular complexity index is 1030. The summed E-state index contributed by atoms with van der Waals surface area (Å²) in [4.78, 5) is 35.2. The molecule has 184 valence electrons. The minimum absolute atomic E-state index is 0.160. The molecule has 3 amide bonds. The number of carbonyl (C=O) groups is 2. The number of para-hydroxylation sites is 2. The number of urea groups is 1. The number of nitrogens with zero attached hydrogens (tertiary/aromatic N) is 3. The van der Waals surface area contributed by atoms with Crippen molar-refractivity contribution in [2.75, 3.05) is 49.5 Å². The quantitative estimate of drug-likeness (QED) is 0.583. The number of benzene rings is 1. The molecule has 34 heavy (non-hydrogen) atoms.